The first-order valence-corrected chi connectivity index (χ1v) is 7.33. The highest BCUT2D eigenvalue weighted by atomic mass is 32.2. The Morgan fingerprint density at radius 3 is 2.40 bits per heavy atom. The largest absolute Gasteiger partial charge is 0.312 e. The van der Waals surface area contributed by atoms with Gasteiger partial charge in [-0.1, -0.05) is 0 Å². The summed E-state index contributed by atoms with van der Waals surface area (Å²) in [5, 5.41) is 3.66. The Morgan fingerprint density at radius 2 is 1.93 bits per heavy atom. The number of nitrogens with one attached hydrogen (secondary N) is 1. The molecule has 0 spiro atoms. The summed E-state index contributed by atoms with van der Waals surface area (Å²) in [6, 6.07) is 2.09. The minimum atomic E-state index is 0.657. The van der Waals surface area contributed by atoms with Gasteiger partial charge in [-0.15, -0.1) is 0 Å². The minimum Gasteiger partial charge on any atom is -0.312 e. The number of rotatable bonds is 6. The number of thioether (sulfide) groups is 1. The van der Waals surface area contributed by atoms with Gasteiger partial charge < -0.3 is 5.32 Å². The smallest absolute Gasteiger partial charge is 0.0166 e. The second-order valence-electron chi connectivity index (χ2n) is 4.94. The Labute approximate surface area is 99.2 Å². The Morgan fingerprint density at radius 1 is 1.27 bits per heavy atom. The topological polar surface area (TPSA) is 15.3 Å². The molecule has 15 heavy (non-hydrogen) atoms. The summed E-state index contributed by atoms with van der Waals surface area (Å²) in [5.74, 6) is 2.65. The molecular formula is C12H26N2S. The van der Waals surface area contributed by atoms with Crippen molar-refractivity contribution >= 4 is 11.8 Å². The number of hydrogen-bond acceptors (Lipinski definition) is 3. The van der Waals surface area contributed by atoms with Crippen LogP contribution in [0.4, 0.5) is 0 Å². The second-order valence-corrected chi connectivity index (χ2v) is 6.09. The first kappa shape index (κ1) is 13.3. The highest BCUT2D eigenvalue weighted by molar-refractivity contribution is 7.99. The molecule has 0 saturated carbocycles. The molecule has 0 bridgehead atoms. The van der Waals surface area contributed by atoms with E-state index < -0.39 is 0 Å². The third-order valence-electron chi connectivity index (χ3n) is 3.06. The fourth-order valence-electron chi connectivity index (χ4n) is 2.21. The van der Waals surface area contributed by atoms with Crippen molar-refractivity contribution in [3.05, 3.63) is 0 Å². The Kier molecular flexibility index (Phi) is 6.02. The molecule has 1 atom stereocenters. The average Bonchev–Trinajstić information content (AvgIpc) is 2.63. The molecule has 0 unspecified atom stereocenters. The first-order valence-electron chi connectivity index (χ1n) is 6.18. The lowest BCUT2D eigenvalue weighted by Gasteiger charge is -2.31. The molecule has 0 aromatic carbocycles. The fourth-order valence-corrected chi connectivity index (χ4v) is 3.39. The van der Waals surface area contributed by atoms with Crippen molar-refractivity contribution in [1.82, 2.24) is 10.2 Å². The summed E-state index contributed by atoms with van der Waals surface area (Å²) in [7, 11) is 0. The van der Waals surface area contributed by atoms with E-state index in [-0.39, 0.29) is 0 Å². The van der Waals surface area contributed by atoms with Crippen molar-refractivity contribution in [2.45, 2.75) is 52.2 Å². The molecule has 3 heteroatoms. The first-order chi connectivity index (χ1) is 7.11. The van der Waals surface area contributed by atoms with E-state index in [0.717, 1.165) is 12.6 Å². The predicted octanol–water partition coefficient (Wildman–Crippen LogP) is 2.20. The van der Waals surface area contributed by atoms with Gasteiger partial charge in [0.15, 0.2) is 0 Å². The van der Waals surface area contributed by atoms with Crippen LogP contribution in [0.5, 0.6) is 0 Å². The number of hydrogen-bond donors (Lipinski definition) is 1. The lowest BCUT2D eigenvalue weighted by molar-refractivity contribution is 0.174. The fraction of sp³-hybridized carbons (Fsp3) is 1.00. The van der Waals surface area contributed by atoms with Crippen LogP contribution in [0.15, 0.2) is 0 Å². The van der Waals surface area contributed by atoms with Gasteiger partial charge in [-0.2, -0.15) is 11.8 Å². The summed E-state index contributed by atoms with van der Waals surface area (Å²) in [6.45, 7) is 11.5. The van der Waals surface area contributed by atoms with Gasteiger partial charge in [0.2, 0.25) is 0 Å². The molecule has 0 amide bonds. The van der Waals surface area contributed by atoms with Gasteiger partial charge in [0, 0.05) is 37.0 Å². The van der Waals surface area contributed by atoms with E-state index in [1.165, 1.54) is 24.5 Å². The summed E-state index contributed by atoms with van der Waals surface area (Å²) < 4.78 is 0. The lowest BCUT2D eigenvalue weighted by atomic mass is 10.2. The van der Waals surface area contributed by atoms with E-state index in [0.29, 0.717) is 12.1 Å². The monoisotopic (exact) mass is 230 g/mol. The molecule has 1 N–H and O–H groups in total. The third kappa shape index (κ3) is 4.75. The highest BCUT2D eigenvalue weighted by Crippen LogP contribution is 2.16. The van der Waals surface area contributed by atoms with Gasteiger partial charge in [0.1, 0.15) is 0 Å². The van der Waals surface area contributed by atoms with Crippen LogP contribution in [0.2, 0.25) is 0 Å². The maximum Gasteiger partial charge on any atom is 0.0166 e. The molecule has 1 aliphatic heterocycles. The Balaban J connectivity index is 2.15. The zero-order valence-electron chi connectivity index (χ0n) is 10.6. The van der Waals surface area contributed by atoms with E-state index in [4.69, 9.17) is 0 Å². The summed E-state index contributed by atoms with van der Waals surface area (Å²) in [5.41, 5.74) is 0. The van der Waals surface area contributed by atoms with Crippen LogP contribution in [0.1, 0.15) is 34.1 Å². The molecule has 0 aromatic heterocycles. The molecule has 0 radical (unpaired) electrons. The van der Waals surface area contributed by atoms with E-state index in [1.54, 1.807) is 0 Å². The maximum atomic E-state index is 3.66. The Bertz CT molecular complexity index is 157. The van der Waals surface area contributed by atoms with E-state index in [1.807, 2.05) is 0 Å². The van der Waals surface area contributed by atoms with Crippen molar-refractivity contribution in [3.8, 4) is 0 Å². The van der Waals surface area contributed by atoms with Crippen LogP contribution < -0.4 is 5.32 Å². The molecule has 1 fully saturated rings. The molecule has 1 aliphatic rings. The molecule has 1 saturated heterocycles. The van der Waals surface area contributed by atoms with Crippen LogP contribution in [0, 0.1) is 0 Å². The molecule has 1 heterocycles. The molecule has 0 aliphatic carbocycles. The standard InChI is InChI=1S/C12H26N2S/c1-10(2)14(11(3)4)7-6-13-12-5-8-15-9-12/h10-13H,5-9H2,1-4H3/t12-/m1/s1. The van der Waals surface area contributed by atoms with Gasteiger partial charge in [-0.05, 0) is 39.9 Å². The van der Waals surface area contributed by atoms with Crippen molar-refractivity contribution in [3.63, 3.8) is 0 Å². The second kappa shape index (κ2) is 6.77. The van der Waals surface area contributed by atoms with Gasteiger partial charge >= 0.3 is 0 Å². The van der Waals surface area contributed by atoms with Crippen molar-refractivity contribution in [2.75, 3.05) is 24.6 Å². The van der Waals surface area contributed by atoms with Crippen LogP contribution in [0.25, 0.3) is 0 Å². The van der Waals surface area contributed by atoms with Crippen LogP contribution in [0.3, 0.4) is 0 Å². The quantitative estimate of drug-likeness (QED) is 0.753. The molecule has 1 rings (SSSR count). The summed E-state index contributed by atoms with van der Waals surface area (Å²) >= 11 is 2.08. The zero-order chi connectivity index (χ0) is 11.3. The van der Waals surface area contributed by atoms with E-state index >= 15 is 0 Å². The predicted molar refractivity (Wildman–Crippen MR) is 70.7 cm³/mol. The molecule has 2 nitrogen and oxygen atoms in total. The van der Waals surface area contributed by atoms with Crippen LogP contribution in [-0.4, -0.2) is 47.6 Å². The van der Waals surface area contributed by atoms with E-state index in [2.05, 4.69) is 49.7 Å². The van der Waals surface area contributed by atoms with Crippen molar-refractivity contribution in [2.24, 2.45) is 0 Å². The molecule has 0 aromatic rings. The molecular weight excluding hydrogens is 204 g/mol. The summed E-state index contributed by atoms with van der Waals surface area (Å²) in [4.78, 5) is 2.55. The van der Waals surface area contributed by atoms with Gasteiger partial charge in [-0.3, -0.25) is 4.90 Å². The van der Waals surface area contributed by atoms with Crippen LogP contribution >= 0.6 is 11.8 Å². The SMILES string of the molecule is CC(C)N(CCN[C@@H]1CCSC1)C(C)C. The minimum absolute atomic E-state index is 0.657. The van der Waals surface area contributed by atoms with Gasteiger partial charge in [0.05, 0.1) is 0 Å². The lowest BCUT2D eigenvalue weighted by Crippen LogP contribution is -2.43. The van der Waals surface area contributed by atoms with Gasteiger partial charge in [0.25, 0.3) is 0 Å². The average molecular weight is 230 g/mol. The molecule has 90 valence electrons. The summed E-state index contributed by atoms with van der Waals surface area (Å²) in [6.07, 6.45) is 1.36. The van der Waals surface area contributed by atoms with Crippen molar-refractivity contribution < 1.29 is 0 Å². The normalized spacial score (nSPS) is 22.2. The maximum absolute atomic E-state index is 3.66. The Hall–Kier alpha value is 0.270. The van der Waals surface area contributed by atoms with E-state index in [9.17, 15) is 0 Å². The zero-order valence-corrected chi connectivity index (χ0v) is 11.4. The highest BCUT2D eigenvalue weighted by Gasteiger charge is 2.16. The third-order valence-corrected chi connectivity index (χ3v) is 4.22. The van der Waals surface area contributed by atoms with Crippen LogP contribution in [-0.2, 0) is 0 Å². The van der Waals surface area contributed by atoms with Crippen molar-refractivity contribution in [1.29, 1.82) is 0 Å². The van der Waals surface area contributed by atoms with Gasteiger partial charge in [-0.25, -0.2) is 0 Å². The number of nitrogens with zero attached hydrogens (tertiary/aromatic N) is 1.